The van der Waals surface area contributed by atoms with Crippen molar-refractivity contribution in [2.45, 2.75) is 64.0 Å². The molecule has 0 saturated carbocycles. The summed E-state index contributed by atoms with van der Waals surface area (Å²) in [7, 11) is 0. The lowest BCUT2D eigenvalue weighted by atomic mass is 10.0. The molecule has 0 saturated heterocycles. The van der Waals surface area contributed by atoms with Crippen LogP contribution in [-0.4, -0.2) is 65.2 Å². The number of nitrogens with zero attached hydrogens (tertiary/aromatic N) is 2. The minimum atomic E-state index is -0.907. The van der Waals surface area contributed by atoms with Crippen molar-refractivity contribution in [1.29, 1.82) is 0 Å². The monoisotopic (exact) mass is 909 g/mol. The van der Waals surface area contributed by atoms with Gasteiger partial charge in [0.2, 0.25) is 0 Å². The number of nitrogens with one attached hydrogen (secondary N) is 2. The number of carbonyl (C=O) groups is 4. The summed E-state index contributed by atoms with van der Waals surface area (Å²) in [6.07, 6.45) is 7.58. The van der Waals surface area contributed by atoms with Gasteiger partial charge < -0.3 is 25.8 Å². The van der Waals surface area contributed by atoms with E-state index >= 15 is 0 Å². The second kappa shape index (κ2) is 24.0. The Labute approximate surface area is 338 Å². The average molecular weight is 912 g/mol. The fourth-order valence-corrected chi connectivity index (χ4v) is 5.89. The van der Waals surface area contributed by atoms with E-state index in [4.69, 9.17) is 15.2 Å². The second-order valence-electron chi connectivity index (χ2n) is 12.1. The molecule has 17 heteroatoms. The zero-order valence-corrected chi connectivity index (χ0v) is 33.5. The molecule has 2 aromatic carbocycles. The van der Waals surface area contributed by atoms with Gasteiger partial charge >= 0.3 is 0 Å². The summed E-state index contributed by atoms with van der Waals surface area (Å²) < 4.78 is 65.4. The summed E-state index contributed by atoms with van der Waals surface area (Å²) in [5.41, 5.74) is 6.03. The van der Waals surface area contributed by atoms with Crippen molar-refractivity contribution >= 4 is 55.2 Å². The number of benzene rings is 2. The molecule has 4 aromatic rings. The molecule has 0 aliphatic rings. The first-order valence-corrected chi connectivity index (χ1v) is 19.2. The van der Waals surface area contributed by atoms with Gasteiger partial charge in [0.25, 0.3) is 11.8 Å². The van der Waals surface area contributed by atoms with Crippen molar-refractivity contribution in [3.05, 3.63) is 117 Å². The van der Waals surface area contributed by atoms with Crippen LogP contribution in [0.15, 0.2) is 82.3 Å². The number of halogens is 6. The number of unbranched alkanes of at least 4 members (excludes halogenated alkanes) is 3. The molecule has 4 N–H and O–H groups in total. The van der Waals surface area contributed by atoms with E-state index in [2.05, 4.69) is 52.5 Å². The fraction of sp³-hybridized carbons (Fsp3) is 0.333. The van der Waals surface area contributed by atoms with Gasteiger partial charge in [0.1, 0.15) is 22.4 Å². The van der Waals surface area contributed by atoms with Gasteiger partial charge in [-0.25, -0.2) is 27.5 Å². The normalized spacial score (nSPS) is 11.7. The van der Waals surface area contributed by atoms with Crippen LogP contribution in [0.3, 0.4) is 0 Å². The number of para-hydroxylation sites is 2. The molecule has 0 aliphatic carbocycles. The molecule has 0 aliphatic heterocycles. The van der Waals surface area contributed by atoms with Gasteiger partial charge in [0.05, 0.1) is 23.2 Å². The standard InChI is InChI=1S/C20H21BrF2N2O3.C19H20BrF2N3O3/c1-2-3-4-10-16(25-20(27)13-7-6-11-24-19(13)21)17(26)12-28-18-14(22)8-5-9-15(18)23;20-18-12(5-4-10-24-18)19(27)25-15(8-1-2-9-23)16(26)11-28-17-13(21)6-3-7-14(17)22/h5-9,11,16H,2-4,10,12H2,1H3,(H,25,27);3-7,10,15H,1-2,8-9,11,23H2,(H,25,27)/t16-;15-/m00/s1. The maximum atomic E-state index is 13.7. The van der Waals surface area contributed by atoms with Crippen LogP contribution in [0.1, 0.15) is 72.6 Å². The van der Waals surface area contributed by atoms with Crippen LogP contribution >= 0.6 is 31.9 Å². The zero-order valence-electron chi connectivity index (χ0n) is 30.3. The Morgan fingerprint density at radius 1 is 0.643 bits per heavy atom. The van der Waals surface area contributed by atoms with Crippen LogP contribution in [0, 0.1) is 23.3 Å². The Morgan fingerprint density at radius 3 is 1.39 bits per heavy atom. The van der Waals surface area contributed by atoms with Crippen LogP contribution in [-0.2, 0) is 9.59 Å². The smallest absolute Gasteiger partial charge is 0.254 e. The van der Waals surface area contributed by atoms with E-state index in [0.29, 0.717) is 41.4 Å². The third kappa shape index (κ3) is 14.4. The lowest BCUT2D eigenvalue weighted by molar-refractivity contribution is -0.123. The third-order valence-electron chi connectivity index (χ3n) is 7.99. The Balaban J connectivity index is 0.000000300. The van der Waals surface area contributed by atoms with Crippen molar-refractivity contribution in [1.82, 2.24) is 20.6 Å². The van der Waals surface area contributed by atoms with Crippen molar-refractivity contribution in [3.8, 4) is 11.5 Å². The van der Waals surface area contributed by atoms with Crippen molar-refractivity contribution in [2.75, 3.05) is 19.8 Å². The van der Waals surface area contributed by atoms with Crippen LogP contribution in [0.25, 0.3) is 0 Å². The predicted octanol–water partition coefficient (Wildman–Crippen LogP) is 7.45. The molecular weight excluding hydrogens is 870 g/mol. The average Bonchev–Trinajstić information content (AvgIpc) is 3.17. The number of ether oxygens (including phenoxy) is 2. The van der Waals surface area contributed by atoms with Gasteiger partial charge in [-0.1, -0.05) is 38.3 Å². The van der Waals surface area contributed by atoms with E-state index in [1.807, 2.05) is 6.92 Å². The number of rotatable bonds is 20. The first-order valence-electron chi connectivity index (χ1n) is 17.6. The quantitative estimate of drug-likeness (QED) is 0.0465. The molecule has 2 aromatic heterocycles. The Hall–Kier alpha value is -4.74. The van der Waals surface area contributed by atoms with Gasteiger partial charge in [0, 0.05) is 12.4 Å². The minimum absolute atomic E-state index is 0.264. The molecule has 0 bridgehead atoms. The summed E-state index contributed by atoms with van der Waals surface area (Å²) in [5, 5.41) is 5.30. The van der Waals surface area contributed by atoms with E-state index < -0.39 is 83.4 Å². The first-order chi connectivity index (χ1) is 26.9. The summed E-state index contributed by atoms with van der Waals surface area (Å²) in [6.45, 7) is 1.33. The Morgan fingerprint density at radius 2 is 1.04 bits per heavy atom. The third-order valence-corrected chi connectivity index (χ3v) is 9.26. The number of aromatic nitrogens is 2. The molecule has 0 radical (unpaired) electrons. The summed E-state index contributed by atoms with van der Waals surface area (Å²) in [5.74, 6) is -6.76. The highest BCUT2D eigenvalue weighted by atomic mass is 79.9. The minimum Gasteiger partial charge on any atom is -0.480 e. The lowest BCUT2D eigenvalue weighted by Gasteiger charge is -2.18. The van der Waals surface area contributed by atoms with Gasteiger partial charge in [0.15, 0.2) is 46.3 Å². The summed E-state index contributed by atoms with van der Waals surface area (Å²) in [6, 6.07) is 11.2. The van der Waals surface area contributed by atoms with Gasteiger partial charge in [-0.15, -0.1) is 0 Å². The van der Waals surface area contributed by atoms with E-state index in [-0.39, 0.29) is 11.1 Å². The summed E-state index contributed by atoms with van der Waals surface area (Å²) >= 11 is 6.38. The van der Waals surface area contributed by atoms with Crippen LogP contribution in [0.2, 0.25) is 0 Å². The number of Topliss-reactive ketones (excluding diaryl/α,β-unsaturated/α-hetero) is 2. The molecule has 0 fully saturated rings. The molecule has 11 nitrogen and oxygen atoms in total. The molecule has 2 amide bonds. The summed E-state index contributed by atoms with van der Waals surface area (Å²) in [4.78, 5) is 58.0. The molecule has 0 spiro atoms. The SMILES string of the molecule is CCCCC[C@H](NC(=O)c1cccnc1Br)C(=O)COc1c(F)cccc1F.NCCCC[C@H](NC(=O)c1cccnc1Br)C(=O)COc1c(F)cccc1F. The number of amides is 2. The van der Waals surface area contributed by atoms with Crippen LogP contribution in [0.4, 0.5) is 17.6 Å². The number of nitrogens with two attached hydrogens (primary N) is 1. The maximum absolute atomic E-state index is 13.7. The second-order valence-corrected chi connectivity index (χ2v) is 13.6. The van der Waals surface area contributed by atoms with Gasteiger partial charge in [-0.2, -0.15) is 0 Å². The highest BCUT2D eigenvalue weighted by molar-refractivity contribution is 9.10. The molecular formula is C39H41Br2F4N5O6. The highest BCUT2D eigenvalue weighted by Crippen LogP contribution is 2.23. The topological polar surface area (TPSA) is 163 Å². The van der Waals surface area contributed by atoms with E-state index in [1.54, 1.807) is 24.3 Å². The molecule has 0 unspecified atom stereocenters. The van der Waals surface area contributed by atoms with Crippen molar-refractivity contribution in [3.63, 3.8) is 0 Å². The molecule has 56 heavy (non-hydrogen) atoms. The Kier molecular flexibility index (Phi) is 19.6. The van der Waals surface area contributed by atoms with Crippen molar-refractivity contribution in [2.24, 2.45) is 5.73 Å². The van der Waals surface area contributed by atoms with Gasteiger partial charge in [-0.3, -0.25) is 19.2 Å². The predicted molar refractivity (Wildman–Crippen MR) is 207 cm³/mol. The number of hydrogen-bond donors (Lipinski definition) is 3. The lowest BCUT2D eigenvalue weighted by Crippen LogP contribution is -2.43. The largest absolute Gasteiger partial charge is 0.480 e. The number of hydrogen-bond acceptors (Lipinski definition) is 9. The van der Waals surface area contributed by atoms with Gasteiger partial charge in [-0.05, 0) is 113 Å². The van der Waals surface area contributed by atoms with E-state index in [9.17, 15) is 36.7 Å². The number of ketones is 2. The first kappa shape index (κ1) is 45.6. The molecule has 2 atom stereocenters. The number of pyridine rings is 2. The maximum Gasteiger partial charge on any atom is 0.254 e. The number of carbonyl (C=O) groups excluding carboxylic acids is 4. The molecule has 300 valence electrons. The van der Waals surface area contributed by atoms with Crippen molar-refractivity contribution < 1.29 is 46.2 Å². The van der Waals surface area contributed by atoms with Crippen LogP contribution < -0.4 is 25.8 Å². The molecule has 2 heterocycles. The highest BCUT2D eigenvalue weighted by Gasteiger charge is 2.25. The van der Waals surface area contributed by atoms with E-state index in [0.717, 1.165) is 43.5 Å². The van der Waals surface area contributed by atoms with E-state index in [1.165, 1.54) is 24.5 Å². The zero-order chi connectivity index (χ0) is 41.0. The van der Waals surface area contributed by atoms with Crippen LogP contribution in [0.5, 0.6) is 11.5 Å². The fourth-order valence-electron chi connectivity index (χ4n) is 5.03. The molecule has 4 rings (SSSR count). The Bertz CT molecular complexity index is 1770.